The number of anilines is 3. The molecule has 0 aliphatic rings. The molecule has 0 saturated carbocycles. The normalized spacial score (nSPS) is 11.3. The van der Waals surface area contributed by atoms with Gasteiger partial charge in [-0.25, -0.2) is 13.6 Å². The lowest BCUT2D eigenvalue weighted by Crippen LogP contribution is -2.12. The summed E-state index contributed by atoms with van der Waals surface area (Å²) in [5.74, 6) is 0. The average Bonchev–Trinajstić information content (AvgIpc) is 2.31. The molecular weight excluding hydrogens is 410 g/mol. The van der Waals surface area contributed by atoms with E-state index in [1.54, 1.807) is 6.07 Å². The lowest BCUT2D eigenvalue weighted by Gasteiger charge is -2.11. The smallest absolute Gasteiger partial charge is 0.238 e. The molecule has 8 heteroatoms. The van der Waals surface area contributed by atoms with E-state index in [0.29, 0.717) is 11.4 Å². The first-order valence-corrected chi connectivity index (χ1v) is 8.54. The first kappa shape index (κ1) is 15.3. The van der Waals surface area contributed by atoms with Gasteiger partial charge in [0.05, 0.1) is 10.6 Å². The van der Waals surface area contributed by atoms with Gasteiger partial charge in [-0.3, -0.25) is 0 Å². The molecule has 0 aliphatic heterocycles. The Labute approximate surface area is 133 Å². The van der Waals surface area contributed by atoms with Crippen molar-refractivity contribution >= 4 is 58.9 Å². The van der Waals surface area contributed by atoms with Gasteiger partial charge in [0.15, 0.2) is 0 Å². The minimum absolute atomic E-state index is 0.0340. The summed E-state index contributed by atoms with van der Waals surface area (Å²) in [5, 5.41) is 8.20. The van der Waals surface area contributed by atoms with Gasteiger partial charge in [-0.1, -0.05) is 15.9 Å². The van der Waals surface area contributed by atoms with E-state index < -0.39 is 10.0 Å². The maximum atomic E-state index is 11.4. The van der Waals surface area contributed by atoms with Crippen LogP contribution < -0.4 is 16.2 Å². The number of benzene rings is 2. The first-order valence-electron chi connectivity index (χ1n) is 5.41. The number of nitrogen functional groups attached to an aromatic ring is 1. The highest BCUT2D eigenvalue weighted by Crippen LogP contribution is 2.30. The molecule has 0 amide bonds. The van der Waals surface area contributed by atoms with E-state index in [1.807, 2.05) is 18.2 Å². The van der Waals surface area contributed by atoms with E-state index in [1.165, 1.54) is 12.1 Å². The van der Waals surface area contributed by atoms with Crippen molar-refractivity contribution in [3.8, 4) is 0 Å². The summed E-state index contributed by atoms with van der Waals surface area (Å²) >= 11 is 6.77. The lowest BCUT2D eigenvalue weighted by molar-refractivity contribution is 0.598. The molecule has 0 unspecified atom stereocenters. The van der Waals surface area contributed by atoms with Crippen LogP contribution in [0.5, 0.6) is 0 Å². The van der Waals surface area contributed by atoms with Gasteiger partial charge in [0.25, 0.3) is 0 Å². The number of nitrogens with one attached hydrogen (secondary N) is 1. The minimum Gasteiger partial charge on any atom is -0.399 e. The molecule has 0 fully saturated rings. The Balaban J connectivity index is 2.41. The molecule has 0 bridgehead atoms. The molecular formula is C12H11Br2N3O2S. The highest BCUT2D eigenvalue weighted by atomic mass is 79.9. The third-order valence-electron chi connectivity index (χ3n) is 2.47. The first-order chi connectivity index (χ1) is 9.25. The van der Waals surface area contributed by atoms with Gasteiger partial charge in [0.2, 0.25) is 10.0 Å². The zero-order valence-corrected chi connectivity index (χ0v) is 14.1. The zero-order chi connectivity index (χ0) is 14.9. The summed E-state index contributed by atoms with van der Waals surface area (Å²) in [6.45, 7) is 0. The topological polar surface area (TPSA) is 98.2 Å². The van der Waals surface area contributed by atoms with E-state index in [0.717, 1.165) is 14.6 Å². The van der Waals surface area contributed by atoms with Crippen LogP contribution in [0.3, 0.4) is 0 Å². The van der Waals surface area contributed by atoms with Crippen LogP contribution in [0.2, 0.25) is 0 Å². The van der Waals surface area contributed by atoms with Crippen LogP contribution in [-0.4, -0.2) is 8.42 Å². The third kappa shape index (κ3) is 3.72. The van der Waals surface area contributed by atoms with E-state index >= 15 is 0 Å². The molecule has 5 nitrogen and oxygen atoms in total. The summed E-state index contributed by atoms with van der Waals surface area (Å²) in [4.78, 5) is -0.0340. The molecule has 20 heavy (non-hydrogen) atoms. The van der Waals surface area contributed by atoms with Crippen molar-refractivity contribution < 1.29 is 8.42 Å². The van der Waals surface area contributed by atoms with Crippen molar-refractivity contribution in [2.75, 3.05) is 11.1 Å². The predicted molar refractivity (Wildman–Crippen MR) is 87.4 cm³/mol. The molecule has 0 aliphatic carbocycles. The van der Waals surface area contributed by atoms with Gasteiger partial charge >= 0.3 is 0 Å². The minimum atomic E-state index is -3.80. The Morgan fingerprint density at radius 1 is 1.05 bits per heavy atom. The molecule has 2 aromatic rings. The van der Waals surface area contributed by atoms with Crippen molar-refractivity contribution in [2.24, 2.45) is 5.14 Å². The quantitative estimate of drug-likeness (QED) is 0.664. The van der Waals surface area contributed by atoms with E-state index in [-0.39, 0.29) is 4.90 Å². The van der Waals surface area contributed by atoms with E-state index in [4.69, 9.17) is 10.9 Å². The predicted octanol–water partition coefficient (Wildman–Crippen LogP) is 3.18. The van der Waals surface area contributed by atoms with Crippen LogP contribution in [0.15, 0.2) is 50.2 Å². The fourth-order valence-electron chi connectivity index (χ4n) is 1.60. The second-order valence-corrected chi connectivity index (χ2v) is 7.42. The molecule has 0 heterocycles. The van der Waals surface area contributed by atoms with Crippen molar-refractivity contribution in [1.29, 1.82) is 0 Å². The van der Waals surface area contributed by atoms with Crippen molar-refractivity contribution in [1.82, 2.24) is 0 Å². The van der Waals surface area contributed by atoms with Crippen LogP contribution in [0, 0.1) is 0 Å². The number of halogens is 2. The van der Waals surface area contributed by atoms with Gasteiger partial charge in [-0.15, -0.1) is 0 Å². The molecule has 106 valence electrons. The van der Waals surface area contributed by atoms with Gasteiger partial charge in [0.1, 0.15) is 0 Å². The maximum absolute atomic E-state index is 11.4. The molecule has 2 rings (SSSR count). The SMILES string of the molecule is Nc1cc(Nc2ccc(Br)cc2Br)cc(S(N)(=O)=O)c1. The van der Waals surface area contributed by atoms with Crippen molar-refractivity contribution in [3.63, 3.8) is 0 Å². The Hall–Kier alpha value is -1.09. The van der Waals surface area contributed by atoms with Crippen molar-refractivity contribution in [3.05, 3.63) is 45.3 Å². The molecule has 0 saturated heterocycles. The number of rotatable bonds is 3. The lowest BCUT2D eigenvalue weighted by atomic mass is 10.2. The van der Waals surface area contributed by atoms with Crippen LogP contribution >= 0.6 is 31.9 Å². The number of hydrogen-bond donors (Lipinski definition) is 3. The maximum Gasteiger partial charge on any atom is 0.238 e. The summed E-state index contributed by atoms with van der Waals surface area (Å²) in [6, 6.07) is 9.95. The Bertz CT molecular complexity index is 763. The third-order valence-corrected chi connectivity index (χ3v) is 4.51. The second-order valence-electron chi connectivity index (χ2n) is 4.08. The second kappa shape index (κ2) is 5.72. The van der Waals surface area contributed by atoms with Gasteiger partial charge in [0, 0.05) is 20.3 Å². The van der Waals surface area contributed by atoms with E-state index in [2.05, 4.69) is 37.2 Å². The molecule has 0 atom stereocenters. The number of sulfonamides is 1. The Morgan fingerprint density at radius 3 is 2.35 bits per heavy atom. The Morgan fingerprint density at radius 2 is 1.75 bits per heavy atom. The molecule has 0 radical (unpaired) electrons. The molecule has 0 aromatic heterocycles. The number of primary sulfonamides is 1. The monoisotopic (exact) mass is 419 g/mol. The van der Waals surface area contributed by atoms with Gasteiger partial charge in [-0.05, 0) is 52.3 Å². The van der Waals surface area contributed by atoms with Crippen LogP contribution in [0.1, 0.15) is 0 Å². The van der Waals surface area contributed by atoms with Crippen molar-refractivity contribution in [2.45, 2.75) is 4.90 Å². The largest absolute Gasteiger partial charge is 0.399 e. The standard InChI is InChI=1S/C12H11Br2N3O2S/c13-7-1-2-12(11(14)3-7)17-9-4-8(15)5-10(6-9)20(16,18)19/h1-6,17H,15H2,(H2,16,18,19). The summed E-state index contributed by atoms with van der Waals surface area (Å²) in [6.07, 6.45) is 0. The summed E-state index contributed by atoms with van der Waals surface area (Å²) in [5.41, 5.74) is 7.32. The van der Waals surface area contributed by atoms with Gasteiger partial charge < -0.3 is 11.1 Å². The van der Waals surface area contributed by atoms with Crippen LogP contribution in [0.4, 0.5) is 17.1 Å². The highest BCUT2D eigenvalue weighted by Gasteiger charge is 2.10. The Kier molecular flexibility index (Phi) is 4.38. The highest BCUT2D eigenvalue weighted by molar-refractivity contribution is 9.11. The summed E-state index contributed by atoms with van der Waals surface area (Å²) < 4.78 is 24.5. The molecule has 5 N–H and O–H groups in total. The number of hydrogen-bond acceptors (Lipinski definition) is 4. The molecule has 0 spiro atoms. The zero-order valence-electron chi connectivity index (χ0n) is 10.1. The fraction of sp³-hybridized carbons (Fsp3) is 0. The van der Waals surface area contributed by atoms with Crippen LogP contribution in [-0.2, 0) is 10.0 Å². The summed E-state index contributed by atoms with van der Waals surface area (Å²) in [7, 11) is -3.80. The molecule has 2 aromatic carbocycles. The van der Waals surface area contributed by atoms with E-state index in [9.17, 15) is 8.42 Å². The number of nitrogens with two attached hydrogens (primary N) is 2. The average molecular weight is 421 g/mol. The van der Waals surface area contributed by atoms with Crippen LogP contribution in [0.25, 0.3) is 0 Å². The fourth-order valence-corrected chi connectivity index (χ4v) is 3.34. The van der Waals surface area contributed by atoms with Gasteiger partial charge in [-0.2, -0.15) is 0 Å².